The van der Waals surface area contributed by atoms with E-state index in [0.29, 0.717) is 5.69 Å². The van der Waals surface area contributed by atoms with Crippen molar-refractivity contribution < 1.29 is 14.8 Å². The lowest BCUT2D eigenvalue weighted by Crippen LogP contribution is -2.17. The Morgan fingerprint density at radius 1 is 1.53 bits per heavy atom. The van der Waals surface area contributed by atoms with Crippen molar-refractivity contribution in [1.29, 1.82) is 0 Å². The van der Waals surface area contributed by atoms with Gasteiger partial charge in [-0.05, 0) is 19.4 Å². The maximum Gasteiger partial charge on any atom is 0.338 e. The molecule has 0 fully saturated rings. The van der Waals surface area contributed by atoms with Gasteiger partial charge in [-0.2, -0.15) is 0 Å². The standard InChI is InChI=1S/C13H18N2O4/c1-3-4-5-9(2)14-12-7-6-10(15(18)19)8-11(12)13(16)17/h6-9,14H,3-5H2,1-2H3,(H,16,17). The largest absolute Gasteiger partial charge is 0.478 e. The lowest BCUT2D eigenvalue weighted by Gasteiger charge is -2.16. The summed E-state index contributed by atoms with van der Waals surface area (Å²) in [5.74, 6) is -1.17. The number of nitro benzene ring substituents is 1. The van der Waals surface area contributed by atoms with Crippen LogP contribution in [-0.4, -0.2) is 22.0 Å². The Bertz CT molecular complexity index is 474. The Morgan fingerprint density at radius 2 is 2.21 bits per heavy atom. The molecule has 6 heteroatoms. The van der Waals surface area contributed by atoms with E-state index >= 15 is 0 Å². The van der Waals surface area contributed by atoms with Crippen LogP contribution < -0.4 is 5.32 Å². The van der Waals surface area contributed by atoms with Crippen molar-refractivity contribution in [2.45, 2.75) is 39.2 Å². The summed E-state index contributed by atoms with van der Waals surface area (Å²) in [6.45, 7) is 4.05. The van der Waals surface area contributed by atoms with E-state index in [1.807, 2.05) is 6.92 Å². The number of carbonyl (C=O) groups is 1. The van der Waals surface area contributed by atoms with Crippen molar-refractivity contribution in [3.63, 3.8) is 0 Å². The van der Waals surface area contributed by atoms with Gasteiger partial charge in [0.05, 0.1) is 10.5 Å². The molecule has 6 nitrogen and oxygen atoms in total. The minimum Gasteiger partial charge on any atom is -0.478 e. The third-order valence-corrected chi connectivity index (χ3v) is 2.84. The smallest absolute Gasteiger partial charge is 0.338 e. The van der Waals surface area contributed by atoms with E-state index in [-0.39, 0.29) is 17.3 Å². The maximum atomic E-state index is 11.1. The van der Waals surface area contributed by atoms with Gasteiger partial charge in [-0.25, -0.2) is 4.79 Å². The number of nitrogens with one attached hydrogen (secondary N) is 1. The fraction of sp³-hybridized carbons (Fsp3) is 0.462. The topological polar surface area (TPSA) is 92.5 Å². The molecule has 1 aromatic carbocycles. The molecule has 0 heterocycles. The van der Waals surface area contributed by atoms with Gasteiger partial charge in [0.1, 0.15) is 0 Å². The predicted molar refractivity (Wildman–Crippen MR) is 72.7 cm³/mol. The monoisotopic (exact) mass is 266 g/mol. The molecule has 0 amide bonds. The van der Waals surface area contributed by atoms with Crippen LogP contribution in [0.3, 0.4) is 0 Å². The van der Waals surface area contributed by atoms with E-state index in [4.69, 9.17) is 5.11 Å². The Balaban J connectivity index is 2.94. The first-order chi connectivity index (χ1) is 8.95. The number of nitrogens with zero attached hydrogens (tertiary/aromatic N) is 1. The van der Waals surface area contributed by atoms with E-state index in [1.165, 1.54) is 12.1 Å². The van der Waals surface area contributed by atoms with Gasteiger partial charge in [-0.15, -0.1) is 0 Å². The predicted octanol–water partition coefficient (Wildman–Crippen LogP) is 3.28. The van der Waals surface area contributed by atoms with Gasteiger partial charge < -0.3 is 10.4 Å². The molecule has 19 heavy (non-hydrogen) atoms. The zero-order valence-corrected chi connectivity index (χ0v) is 11.0. The molecule has 1 atom stereocenters. The van der Waals surface area contributed by atoms with Gasteiger partial charge >= 0.3 is 5.97 Å². The number of rotatable bonds is 7. The summed E-state index contributed by atoms with van der Waals surface area (Å²) in [7, 11) is 0. The van der Waals surface area contributed by atoms with E-state index in [1.54, 1.807) is 0 Å². The number of hydrogen-bond donors (Lipinski definition) is 2. The molecule has 1 unspecified atom stereocenters. The minimum atomic E-state index is -1.17. The van der Waals surface area contributed by atoms with Crippen LogP contribution in [0.1, 0.15) is 43.5 Å². The summed E-state index contributed by atoms with van der Waals surface area (Å²) >= 11 is 0. The Kier molecular flexibility index (Phi) is 5.29. The van der Waals surface area contributed by atoms with Crippen LogP contribution in [0, 0.1) is 10.1 Å². The molecule has 0 bridgehead atoms. The highest BCUT2D eigenvalue weighted by molar-refractivity contribution is 5.95. The fourth-order valence-electron chi connectivity index (χ4n) is 1.80. The molecule has 0 aliphatic heterocycles. The second-order valence-corrected chi connectivity index (χ2v) is 4.48. The Labute approximate surface area is 111 Å². The van der Waals surface area contributed by atoms with E-state index in [2.05, 4.69) is 12.2 Å². The number of unbranched alkanes of at least 4 members (excludes halogenated alkanes) is 1. The Morgan fingerprint density at radius 3 is 2.74 bits per heavy atom. The van der Waals surface area contributed by atoms with Crippen molar-refractivity contribution >= 4 is 17.3 Å². The van der Waals surface area contributed by atoms with Crippen molar-refractivity contribution in [1.82, 2.24) is 0 Å². The van der Waals surface area contributed by atoms with Crippen LogP contribution in [-0.2, 0) is 0 Å². The van der Waals surface area contributed by atoms with Crippen LogP contribution in [0.2, 0.25) is 0 Å². The second kappa shape index (κ2) is 6.72. The number of hydrogen-bond acceptors (Lipinski definition) is 4. The van der Waals surface area contributed by atoms with Crippen molar-refractivity contribution in [2.24, 2.45) is 0 Å². The molecule has 0 radical (unpaired) electrons. The summed E-state index contributed by atoms with van der Waals surface area (Å²) in [6.07, 6.45) is 3.04. The first kappa shape index (κ1) is 14.9. The average molecular weight is 266 g/mol. The normalized spacial score (nSPS) is 11.9. The molecular formula is C13H18N2O4. The third kappa shape index (κ3) is 4.24. The van der Waals surface area contributed by atoms with Gasteiger partial charge in [0, 0.05) is 23.9 Å². The summed E-state index contributed by atoms with van der Waals surface area (Å²) in [4.78, 5) is 21.2. The number of anilines is 1. The zero-order chi connectivity index (χ0) is 14.4. The molecule has 104 valence electrons. The average Bonchev–Trinajstić information content (AvgIpc) is 2.36. The molecule has 1 aromatic rings. The molecule has 2 N–H and O–H groups in total. The first-order valence-corrected chi connectivity index (χ1v) is 6.24. The molecule has 1 rings (SSSR count). The fourth-order valence-corrected chi connectivity index (χ4v) is 1.80. The molecular weight excluding hydrogens is 248 g/mol. The Hall–Kier alpha value is -2.11. The molecule has 0 aliphatic carbocycles. The van der Waals surface area contributed by atoms with E-state index in [9.17, 15) is 14.9 Å². The van der Waals surface area contributed by atoms with Gasteiger partial charge in [0.2, 0.25) is 0 Å². The third-order valence-electron chi connectivity index (χ3n) is 2.84. The molecule has 0 saturated heterocycles. The highest BCUT2D eigenvalue weighted by Gasteiger charge is 2.16. The summed E-state index contributed by atoms with van der Waals surface area (Å²) in [5, 5.41) is 22.8. The second-order valence-electron chi connectivity index (χ2n) is 4.48. The number of carboxylic acids is 1. The SMILES string of the molecule is CCCCC(C)Nc1ccc([N+](=O)[O-])cc1C(=O)O. The quantitative estimate of drug-likeness (QED) is 0.583. The van der Waals surface area contributed by atoms with Crippen molar-refractivity contribution in [3.05, 3.63) is 33.9 Å². The highest BCUT2D eigenvalue weighted by Crippen LogP contribution is 2.23. The summed E-state index contributed by atoms with van der Waals surface area (Å²) in [6, 6.07) is 3.96. The number of aromatic carboxylic acids is 1. The number of non-ortho nitro benzene ring substituents is 1. The number of nitro groups is 1. The van der Waals surface area contributed by atoms with Gasteiger partial charge in [-0.1, -0.05) is 19.8 Å². The lowest BCUT2D eigenvalue weighted by atomic mass is 10.1. The molecule has 0 aliphatic rings. The molecule has 0 saturated carbocycles. The van der Waals surface area contributed by atoms with Crippen LogP contribution in [0.15, 0.2) is 18.2 Å². The van der Waals surface area contributed by atoms with Crippen LogP contribution in [0.4, 0.5) is 11.4 Å². The van der Waals surface area contributed by atoms with Crippen LogP contribution in [0.25, 0.3) is 0 Å². The number of carboxylic acid groups (broad SMARTS) is 1. The number of benzene rings is 1. The van der Waals surface area contributed by atoms with E-state index < -0.39 is 10.9 Å². The minimum absolute atomic E-state index is 0.0717. The first-order valence-electron chi connectivity index (χ1n) is 6.24. The summed E-state index contributed by atoms with van der Waals surface area (Å²) < 4.78 is 0. The molecule has 0 spiro atoms. The van der Waals surface area contributed by atoms with Gasteiger partial charge in [0.15, 0.2) is 0 Å². The van der Waals surface area contributed by atoms with E-state index in [0.717, 1.165) is 25.3 Å². The zero-order valence-electron chi connectivity index (χ0n) is 11.0. The van der Waals surface area contributed by atoms with Crippen molar-refractivity contribution in [2.75, 3.05) is 5.32 Å². The van der Waals surface area contributed by atoms with Crippen LogP contribution >= 0.6 is 0 Å². The van der Waals surface area contributed by atoms with Crippen LogP contribution in [0.5, 0.6) is 0 Å². The maximum absolute atomic E-state index is 11.1. The summed E-state index contributed by atoms with van der Waals surface area (Å²) in [5.41, 5.74) is 0.128. The van der Waals surface area contributed by atoms with Gasteiger partial charge in [0.25, 0.3) is 5.69 Å². The highest BCUT2D eigenvalue weighted by atomic mass is 16.6. The lowest BCUT2D eigenvalue weighted by molar-refractivity contribution is -0.384. The van der Waals surface area contributed by atoms with Crippen molar-refractivity contribution in [3.8, 4) is 0 Å². The van der Waals surface area contributed by atoms with Gasteiger partial charge in [-0.3, -0.25) is 10.1 Å². The molecule has 0 aromatic heterocycles.